The molecule has 0 radical (unpaired) electrons. The Morgan fingerprint density at radius 1 is 1.41 bits per heavy atom. The molecule has 0 aliphatic heterocycles. The van der Waals surface area contributed by atoms with Crippen molar-refractivity contribution in [2.24, 2.45) is 0 Å². The molecule has 0 heterocycles. The fourth-order valence-electron chi connectivity index (χ4n) is 1.63. The zero-order valence-corrected chi connectivity index (χ0v) is 10.9. The van der Waals surface area contributed by atoms with Gasteiger partial charge in [0, 0.05) is 22.9 Å². The summed E-state index contributed by atoms with van der Waals surface area (Å²) in [6, 6.07) is 4.89. The quantitative estimate of drug-likeness (QED) is 0.645. The molecule has 92 valence electrons. The van der Waals surface area contributed by atoms with Crippen LogP contribution in [0.15, 0.2) is 18.2 Å². The zero-order chi connectivity index (χ0) is 13.0. The number of alkyl halides is 1. The van der Waals surface area contributed by atoms with E-state index in [9.17, 15) is 14.7 Å². The molecule has 2 N–H and O–H groups in total. The van der Waals surface area contributed by atoms with Gasteiger partial charge in [0.2, 0.25) is 0 Å². The highest BCUT2D eigenvalue weighted by Crippen LogP contribution is 2.24. The lowest BCUT2D eigenvalue weighted by Crippen LogP contribution is -2.16. The lowest BCUT2D eigenvalue weighted by atomic mass is 9.94. The number of benzene rings is 1. The minimum Gasteiger partial charge on any atom is -0.479 e. The molecule has 0 amide bonds. The molecule has 1 aromatic rings. The molecular formula is C12H13BrO4. The van der Waals surface area contributed by atoms with Gasteiger partial charge in [-0.3, -0.25) is 4.79 Å². The number of carbonyl (C=O) groups is 2. The first-order valence-corrected chi connectivity index (χ1v) is 6.20. The number of aliphatic carboxylic acids is 1. The summed E-state index contributed by atoms with van der Waals surface area (Å²) < 4.78 is 0. The molecule has 17 heavy (non-hydrogen) atoms. The van der Waals surface area contributed by atoms with Crippen LogP contribution in [0.25, 0.3) is 0 Å². The molecule has 0 aliphatic carbocycles. The Morgan fingerprint density at radius 2 is 2.06 bits per heavy atom. The van der Waals surface area contributed by atoms with Crippen molar-refractivity contribution in [3.8, 4) is 0 Å². The summed E-state index contributed by atoms with van der Waals surface area (Å²) in [6.07, 6.45) is -1.39. The Bertz CT molecular complexity index is 442. The van der Waals surface area contributed by atoms with E-state index in [1.807, 2.05) is 0 Å². The molecule has 5 heteroatoms. The molecule has 0 spiro atoms. The lowest BCUT2D eigenvalue weighted by Gasteiger charge is -2.14. The van der Waals surface area contributed by atoms with E-state index in [1.54, 1.807) is 25.1 Å². The van der Waals surface area contributed by atoms with Gasteiger partial charge in [0.05, 0.1) is 0 Å². The van der Waals surface area contributed by atoms with Crippen molar-refractivity contribution in [3.05, 3.63) is 34.9 Å². The van der Waals surface area contributed by atoms with Crippen molar-refractivity contribution in [3.63, 3.8) is 0 Å². The van der Waals surface area contributed by atoms with Crippen molar-refractivity contribution >= 4 is 27.7 Å². The molecule has 1 atom stereocenters. The second kappa shape index (κ2) is 5.93. The van der Waals surface area contributed by atoms with Gasteiger partial charge in [-0.25, -0.2) is 4.79 Å². The minimum absolute atomic E-state index is 0.180. The van der Waals surface area contributed by atoms with E-state index < -0.39 is 12.1 Å². The molecule has 0 saturated heterocycles. The van der Waals surface area contributed by atoms with Crippen LogP contribution in [0.3, 0.4) is 0 Å². The summed E-state index contributed by atoms with van der Waals surface area (Å²) in [5.74, 6) is -1.53. The second-order valence-electron chi connectivity index (χ2n) is 3.64. The molecule has 0 aliphatic rings. The van der Waals surface area contributed by atoms with Gasteiger partial charge >= 0.3 is 5.97 Å². The number of hydrogen-bond donors (Lipinski definition) is 2. The predicted molar refractivity (Wildman–Crippen MR) is 66.5 cm³/mol. The van der Waals surface area contributed by atoms with Crippen LogP contribution in [0.2, 0.25) is 0 Å². The lowest BCUT2D eigenvalue weighted by molar-refractivity contribution is -0.147. The number of hydrogen-bond acceptors (Lipinski definition) is 3. The third-order valence-electron chi connectivity index (χ3n) is 2.45. The highest BCUT2D eigenvalue weighted by molar-refractivity contribution is 9.09. The van der Waals surface area contributed by atoms with Crippen LogP contribution in [0.4, 0.5) is 0 Å². The standard InChI is InChI=1S/C12H13BrO4/c1-7-3-2-4-8(9(14)5-6-13)10(7)11(15)12(16)17/h2-4,11,15H,5-6H2,1H3,(H,16,17). The van der Waals surface area contributed by atoms with Gasteiger partial charge in [0.25, 0.3) is 0 Å². The first-order chi connectivity index (χ1) is 7.99. The van der Waals surface area contributed by atoms with E-state index in [4.69, 9.17) is 5.11 Å². The van der Waals surface area contributed by atoms with Crippen LogP contribution in [-0.2, 0) is 4.79 Å². The predicted octanol–water partition coefficient (Wildman–Crippen LogP) is 2.08. The molecule has 1 rings (SSSR count). The van der Waals surface area contributed by atoms with Crippen molar-refractivity contribution in [2.75, 3.05) is 5.33 Å². The Labute approximate surface area is 107 Å². The summed E-state index contributed by atoms with van der Waals surface area (Å²) in [5.41, 5.74) is 1.06. The fraction of sp³-hybridized carbons (Fsp3) is 0.333. The highest BCUT2D eigenvalue weighted by Gasteiger charge is 2.24. The van der Waals surface area contributed by atoms with E-state index in [0.29, 0.717) is 10.9 Å². The van der Waals surface area contributed by atoms with Gasteiger partial charge in [0.1, 0.15) is 0 Å². The van der Waals surface area contributed by atoms with Gasteiger partial charge in [-0.1, -0.05) is 34.1 Å². The number of aliphatic hydroxyl groups excluding tert-OH is 1. The van der Waals surface area contributed by atoms with Gasteiger partial charge in [0.15, 0.2) is 11.9 Å². The number of aliphatic hydroxyl groups is 1. The molecule has 0 fully saturated rings. The van der Waals surface area contributed by atoms with E-state index in [2.05, 4.69) is 15.9 Å². The van der Waals surface area contributed by atoms with E-state index in [0.717, 1.165) is 0 Å². The third kappa shape index (κ3) is 3.14. The van der Waals surface area contributed by atoms with Crippen molar-refractivity contribution < 1.29 is 19.8 Å². The van der Waals surface area contributed by atoms with Crippen LogP contribution in [0, 0.1) is 6.92 Å². The molecule has 1 unspecified atom stereocenters. The molecule has 0 aromatic heterocycles. The average molecular weight is 301 g/mol. The van der Waals surface area contributed by atoms with Gasteiger partial charge in [-0.15, -0.1) is 0 Å². The summed E-state index contributed by atoms with van der Waals surface area (Å²) in [6.45, 7) is 1.67. The minimum atomic E-state index is -1.66. The Hall–Kier alpha value is -1.20. The zero-order valence-electron chi connectivity index (χ0n) is 9.31. The number of carboxylic acids is 1. The monoisotopic (exact) mass is 300 g/mol. The van der Waals surface area contributed by atoms with Crippen molar-refractivity contribution in [1.29, 1.82) is 0 Å². The summed E-state index contributed by atoms with van der Waals surface area (Å²) in [7, 11) is 0. The molecule has 1 aromatic carbocycles. The second-order valence-corrected chi connectivity index (χ2v) is 4.43. The Balaban J connectivity index is 3.26. The molecule has 4 nitrogen and oxygen atoms in total. The normalized spacial score (nSPS) is 12.2. The maximum absolute atomic E-state index is 11.8. The van der Waals surface area contributed by atoms with Crippen LogP contribution in [0.1, 0.15) is 34.0 Å². The first-order valence-electron chi connectivity index (χ1n) is 5.08. The van der Waals surface area contributed by atoms with Crippen LogP contribution in [-0.4, -0.2) is 27.3 Å². The number of Topliss-reactive ketones (excluding diaryl/α,β-unsaturated/α-hetero) is 1. The van der Waals surface area contributed by atoms with Crippen LogP contribution < -0.4 is 0 Å². The maximum atomic E-state index is 11.8. The van der Waals surface area contributed by atoms with E-state index in [1.165, 1.54) is 0 Å². The summed E-state index contributed by atoms with van der Waals surface area (Å²) in [4.78, 5) is 22.6. The average Bonchev–Trinajstić information content (AvgIpc) is 2.28. The largest absolute Gasteiger partial charge is 0.479 e. The topological polar surface area (TPSA) is 74.6 Å². The van der Waals surface area contributed by atoms with Gasteiger partial charge in [-0.2, -0.15) is 0 Å². The van der Waals surface area contributed by atoms with Crippen molar-refractivity contribution in [1.82, 2.24) is 0 Å². The number of carboxylic acid groups (broad SMARTS) is 1. The summed E-state index contributed by atoms with van der Waals surface area (Å²) in [5, 5.41) is 18.9. The first kappa shape index (κ1) is 13.9. The molecule has 0 bridgehead atoms. The summed E-state index contributed by atoms with van der Waals surface area (Å²) >= 11 is 3.16. The number of ketones is 1. The Kier molecular flexibility index (Phi) is 4.84. The fourth-order valence-corrected chi connectivity index (χ4v) is 1.99. The van der Waals surface area contributed by atoms with E-state index in [-0.39, 0.29) is 23.3 Å². The SMILES string of the molecule is Cc1cccc(C(=O)CCBr)c1C(O)C(=O)O. The van der Waals surface area contributed by atoms with Gasteiger partial charge < -0.3 is 10.2 Å². The van der Waals surface area contributed by atoms with Crippen molar-refractivity contribution in [2.45, 2.75) is 19.4 Å². The number of carbonyl (C=O) groups excluding carboxylic acids is 1. The number of aryl methyl sites for hydroxylation is 1. The molecule has 0 saturated carbocycles. The Morgan fingerprint density at radius 3 is 2.59 bits per heavy atom. The third-order valence-corrected chi connectivity index (χ3v) is 2.85. The van der Waals surface area contributed by atoms with E-state index >= 15 is 0 Å². The highest BCUT2D eigenvalue weighted by atomic mass is 79.9. The smallest absolute Gasteiger partial charge is 0.337 e. The van der Waals surface area contributed by atoms with Crippen LogP contribution >= 0.6 is 15.9 Å². The molecular weight excluding hydrogens is 288 g/mol. The number of halogens is 1. The number of rotatable bonds is 5. The maximum Gasteiger partial charge on any atom is 0.337 e. The van der Waals surface area contributed by atoms with Crippen LogP contribution in [0.5, 0.6) is 0 Å². The van der Waals surface area contributed by atoms with Gasteiger partial charge in [-0.05, 0) is 12.5 Å².